The second-order valence-electron chi connectivity index (χ2n) is 5.50. The van der Waals surface area contributed by atoms with Crippen LogP contribution in [0.3, 0.4) is 0 Å². The molecule has 112 valence electrons. The molecule has 20 heavy (non-hydrogen) atoms. The largest absolute Gasteiger partial charge is 0.324 e. The van der Waals surface area contributed by atoms with Crippen LogP contribution < -0.4 is 11.3 Å². The van der Waals surface area contributed by atoms with E-state index in [-0.39, 0.29) is 6.04 Å². The van der Waals surface area contributed by atoms with Crippen LogP contribution in [0.5, 0.6) is 0 Å². The van der Waals surface area contributed by atoms with Crippen molar-refractivity contribution in [2.45, 2.75) is 17.9 Å². The SMILES string of the molecule is CC1CN(S(=O)(=O)c2ccc(NN)cc2)CC1N(C)C. The van der Waals surface area contributed by atoms with Gasteiger partial charge in [-0.05, 0) is 44.3 Å². The fourth-order valence-electron chi connectivity index (χ4n) is 2.65. The number of nitrogens with zero attached hydrogens (tertiary/aromatic N) is 2. The summed E-state index contributed by atoms with van der Waals surface area (Å²) in [5.41, 5.74) is 3.17. The summed E-state index contributed by atoms with van der Waals surface area (Å²) in [5, 5.41) is 0. The molecule has 7 heteroatoms. The minimum absolute atomic E-state index is 0.259. The number of nitrogen functional groups attached to an aromatic ring is 1. The number of hydrogen-bond acceptors (Lipinski definition) is 5. The van der Waals surface area contributed by atoms with E-state index in [0.29, 0.717) is 29.6 Å². The Morgan fingerprint density at radius 2 is 1.85 bits per heavy atom. The van der Waals surface area contributed by atoms with Crippen molar-refractivity contribution in [3.63, 3.8) is 0 Å². The van der Waals surface area contributed by atoms with Crippen LogP contribution in [-0.4, -0.2) is 50.8 Å². The second-order valence-corrected chi connectivity index (χ2v) is 7.44. The van der Waals surface area contributed by atoms with Crippen molar-refractivity contribution in [2.75, 3.05) is 32.6 Å². The smallest absolute Gasteiger partial charge is 0.243 e. The topological polar surface area (TPSA) is 78.7 Å². The number of nitrogens with one attached hydrogen (secondary N) is 1. The van der Waals surface area contributed by atoms with E-state index in [1.54, 1.807) is 28.6 Å². The number of hydrogen-bond donors (Lipinski definition) is 2. The Labute approximate surface area is 120 Å². The van der Waals surface area contributed by atoms with Gasteiger partial charge in [0.1, 0.15) is 0 Å². The number of hydrazine groups is 1. The zero-order chi connectivity index (χ0) is 14.9. The van der Waals surface area contributed by atoms with Crippen molar-refractivity contribution in [1.82, 2.24) is 9.21 Å². The summed E-state index contributed by atoms with van der Waals surface area (Å²) >= 11 is 0. The molecule has 3 N–H and O–H groups in total. The molecule has 6 nitrogen and oxygen atoms in total. The summed E-state index contributed by atoms with van der Waals surface area (Å²) in [6.07, 6.45) is 0. The Bertz CT molecular complexity index is 556. The molecule has 0 aromatic heterocycles. The Kier molecular flexibility index (Phi) is 4.33. The number of benzene rings is 1. The fourth-order valence-corrected chi connectivity index (χ4v) is 4.21. The summed E-state index contributed by atoms with van der Waals surface area (Å²) in [7, 11) is 0.545. The normalized spacial score (nSPS) is 24.2. The zero-order valence-electron chi connectivity index (χ0n) is 12.1. The van der Waals surface area contributed by atoms with Gasteiger partial charge in [-0.3, -0.25) is 5.84 Å². The summed E-state index contributed by atoms with van der Waals surface area (Å²) in [4.78, 5) is 2.39. The van der Waals surface area contributed by atoms with Gasteiger partial charge >= 0.3 is 0 Å². The van der Waals surface area contributed by atoms with Gasteiger partial charge in [0.15, 0.2) is 0 Å². The highest BCUT2D eigenvalue weighted by atomic mass is 32.2. The van der Waals surface area contributed by atoms with Crippen molar-refractivity contribution in [3.05, 3.63) is 24.3 Å². The van der Waals surface area contributed by atoms with Crippen LogP contribution in [0.25, 0.3) is 0 Å². The van der Waals surface area contributed by atoms with E-state index in [2.05, 4.69) is 17.2 Å². The first kappa shape index (κ1) is 15.2. The molecule has 1 saturated heterocycles. The molecular weight excluding hydrogens is 276 g/mol. The average molecular weight is 298 g/mol. The lowest BCUT2D eigenvalue weighted by molar-refractivity contribution is 0.263. The minimum Gasteiger partial charge on any atom is -0.324 e. The standard InChI is InChI=1S/C13H22N4O2S/c1-10-8-17(9-13(10)16(2)3)20(18,19)12-6-4-11(15-14)5-7-12/h4-7,10,13,15H,8-9,14H2,1-3H3. The van der Waals surface area contributed by atoms with Gasteiger partial charge in [0.05, 0.1) is 4.90 Å². The Balaban J connectivity index is 2.22. The third-order valence-electron chi connectivity index (χ3n) is 3.86. The predicted octanol–water partition coefficient (Wildman–Crippen LogP) is 0.543. The number of likely N-dealkylation sites (N-methyl/N-ethyl adjacent to an activating group) is 1. The first-order chi connectivity index (χ1) is 9.36. The third kappa shape index (κ3) is 2.80. The molecule has 0 aliphatic carbocycles. The number of nitrogens with two attached hydrogens (primary N) is 1. The van der Waals surface area contributed by atoms with Crippen molar-refractivity contribution in [1.29, 1.82) is 0 Å². The highest BCUT2D eigenvalue weighted by Crippen LogP contribution is 2.26. The Hall–Kier alpha value is -1.15. The highest BCUT2D eigenvalue weighted by Gasteiger charge is 2.37. The average Bonchev–Trinajstić information content (AvgIpc) is 2.82. The van der Waals surface area contributed by atoms with E-state index in [0.717, 1.165) is 0 Å². The molecule has 1 aromatic carbocycles. The molecule has 2 atom stereocenters. The van der Waals surface area contributed by atoms with Crippen LogP contribution in [0.15, 0.2) is 29.2 Å². The molecule has 0 bridgehead atoms. The fraction of sp³-hybridized carbons (Fsp3) is 0.538. The number of sulfonamides is 1. The van der Waals surface area contributed by atoms with Crippen LogP contribution in [0.2, 0.25) is 0 Å². The summed E-state index contributed by atoms with van der Waals surface area (Å²) < 4.78 is 26.8. The van der Waals surface area contributed by atoms with E-state index in [4.69, 9.17) is 5.84 Å². The maximum Gasteiger partial charge on any atom is 0.243 e. The van der Waals surface area contributed by atoms with Crippen LogP contribution in [0.1, 0.15) is 6.92 Å². The van der Waals surface area contributed by atoms with E-state index >= 15 is 0 Å². The summed E-state index contributed by atoms with van der Waals surface area (Å²) in [6.45, 7) is 3.18. The second kappa shape index (κ2) is 5.69. The molecule has 0 radical (unpaired) electrons. The molecule has 1 aliphatic heterocycles. The van der Waals surface area contributed by atoms with Gasteiger partial charge in [-0.1, -0.05) is 6.92 Å². The molecule has 1 fully saturated rings. The first-order valence-electron chi connectivity index (χ1n) is 6.59. The van der Waals surface area contributed by atoms with Crippen molar-refractivity contribution in [2.24, 2.45) is 11.8 Å². The van der Waals surface area contributed by atoms with Crippen LogP contribution in [0.4, 0.5) is 5.69 Å². The van der Waals surface area contributed by atoms with Crippen LogP contribution in [0, 0.1) is 5.92 Å². The van der Waals surface area contributed by atoms with E-state index in [1.165, 1.54) is 0 Å². The molecule has 0 saturated carbocycles. The predicted molar refractivity (Wildman–Crippen MR) is 79.6 cm³/mol. The highest BCUT2D eigenvalue weighted by molar-refractivity contribution is 7.89. The van der Waals surface area contributed by atoms with Crippen molar-refractivity contribution >= 4 is 15.7 Å². The van der Waals surface area contributed by atoms with Gasteiger partial charge in [0.2, 0.25) is 10.0 Å². The van der Waals surface area contributed by atoms with Crippen LogP contribution >= 0.6 is 0 Å². The van der Waals surface area contributed by atoms with E-state index in [1.807, 2.05) is 14.1 Å². The monoisotopic (exact) mass is 298 g/mol. The Morgan fingerprint density at radius 1 is 1.25 bits per heavy atom. The maximum absolute atomic E-state index is 12.6. The lowest BCUT2D eigenvalue weighted by Gasteiger charge is -2.22. The quantitative estimate of drug-likeness (QED) is 0.627. The van der Waals surface area contributed by atoms with Gasteiger partial charge in [0.25, 0.3) is 0 Å². The molecule has 1 heterocycles. The minimum atomic E-state index is -3.42. The van der Waals surface area contributed by atoms with E-state index < -0.39 is 10.0 Å². The maximum atomic E-state index is 12.6. The van der Waals surface area contributed by atoms with Gasteiger partial charge in [-0.25, -0.2) is 8.42 Å². The molecule has 0 spiro atoms. The summed E-state index contributed by atoms with van der Waals surface area (Å²) in [6, 6.07) is 6.75. The number of anilines is 1. The molecular formula is C13H22N4O2S. The molecule has 1 aromatic rings. The van der Waals surface area contributed by atoms with Crippen molar-refractivity contribution in [3.8, 4) is 0 Å². The summed E-state index contributed by atoms with van der Waals surface area (Å²) in [5.74, 6) is 5.61. The molecule has 2 rings (SSSR count). The van der Waals surface area contributed by atoms with Gasteiger partial charge in [-0.2, -0.15) is 4.31 Å². The lowest BCUT2D eigenvalue weighted by atomic mass is 10.1. The molecule has 1 aliphatic rings. The lowest BCUT2D eigenvalue weighted by Crippen LogP contribution is -2.35. The number of rotatable bonds is 4. The van der Waals surface area contributed by atoms with Gasteiger partial charge in [0, 0.05) is 24.8 Å². The van der Waals surface area contributed by atoms with Gasteiger partial charge < -0.3 is 10.3 Å². The Morgan fingerprint density at radius 3 is 2.30 bits per heavy atom. The zero-order valence-corrected chi connectivity index (χ0v) is 12.9. The van der Waals surface area contributed by atoms with Crippen LogP contribution in [-0.2, 0) is 10.0 Å². The van der Waals surface area contributed by atoms with Gasteiger partial charge in [-0.15, -0.1) is 0 Å². The van der Waals surface area contributed by atoms with Crippen molar-refractivity contribution < 1.29 is 8.42 Å². The molecule has 2 unspecified atom stereocenters. The first-order valence-corrected chi connectivity index (χ1v) is 8.03. The third-order valence-corrected chi connectivity index (χ3v) is 5.71. The van der Waals surface area contributed by atoms with E-state index in [9.17, 15) is 8.42 Å². The molecule has 0 amide bonds.